The van der Waals surface area contributed by atoms with E-state index in [1.54, 1.807) is 50.2 Å². The third-order valence-electron chi connectivity index (χ3n) is 4.43. The molecule has 0 saturated heterocycles. The van der Waals surface area contributed by atoms with Crippen molar-refractivity contribution in [2.45, 2.75) is 19.9 Å². The van der Waals surface area contributed by atoms with Crippen molar-refractivity contribution in [3.8, 4) is 0 Å². The summed E-state index contributed by atoms with van der Waals surface area (Å²) < 4.78 is 5.11. The fourth-order valence-electron chi connectivity index (χ4n) is 3.12. The number of nitrogens with zero attached hydrogens (tertiary/aromatic N) is 1. The molecular formula is C21H19ClN2O5. The van der Waals surface area contributed by atoms with E-state index in [1.807, 2.05) is 0 Å². The molecule has 0 aliphatic carbocycles. The van der Waals surface area contributed by atoms with Crippen LogP contribution in [0.4, 0.5) is 5.69 Å². The fourth-order valence-corrected chi connectivity index (χ4v) is 3.31. The van der Waals surface area contributed by atoms with Crippen LogP contribution in [0.15, 0.2) is 48.5 Å². The summed E-state index contributed by atoms with van der Waals surface area (Å²) in [4.78, 5) is 51.0. The molecule has 150 valence electrons. The van der Waals surface area contributed by atoms with Gasteiger partial charge in [0.2, 0.25) is 0 Å². The van der Waals surface area contributed by atoms with Gasteiger partial charge in [-0.3, -0.25) is 19.3 Å². The summed E-state index contributed by atoms with van der Waals surface area (Å²) in [6.07, 6.45) is 0. The molecule has 3 rings (SSSR count). The molecule has 8 heteroatoms. The second-order valence-electron chi connectivity index (χ2n) is 6.88. The fraction of sp³-hybridized carbons (Fsp3) is 0.238. The molecule has 0 radical (unpaired) electrons. The van der Waals surface area contributed by atoms with Gasteiger partial charge in [-0.25, -0.2) is 4.79 Å². The molecule has 2 aromatic carbocycles. The van der Waals surface area contributed by atoms with Gasteiger partial charge >= 0.3 is 5.97 Å². The molecule has 0 aromatic heterocycles. The minimum Gasteiger partial charge on any atom is -0.454 e. The molecule has 0 unspecified atom stereocenters. The highest BCUT2D eigenvalue weighted by atomic mass is 35.5. The van der Waals surface area contributed by atoms with E-state index in [2.05, 4.69) is 5.32 Å². The van der Waals surface area contributed by atoms with Gasteiger partial charge in [0.25, 0.3) is 17.7 Å². The highest BCUT2D eigenvalue weighted by molar-refractivity contribution is 6.30. The van der Waals surface area contributed by atoms with Gasteiger partial charge in [-0.1, -0.05) is 43.6 Å². The van der Waals surface area contributed by atoms with Gasteiger partial charge in [0.15, 0.2) is 6.61 Å². The molecule has 2 aromatic rings. The molecule has 1 atom stereocenters. The molecule has 1 aliphatic rings. The Hall–Kier alpha value is -3.19. The topological polar surface area (TPSA) is 92.8 Å². The molecule has 0 fully saturated rings. The number of anilines is 1. The first-order valence-corrected chi connectivity index (χ1v) is 9.36. The number of hydrogen-bond acceptors (Lipinski definition) is 5. The predicted octanol–water partition coefficient (Wildman–Crippen LogP) is 3.14. The van der Waals surface area contributed by atoms with E-state index in [0.717, 1.165) is 4.90 Å². The lowest BCUT2D eigenvalue weighted by Gasteiger charge is -2.27. The van der Waals surface area contributed by atoms with Crippen molar-refractivity contribution in [3.05, 3.63) is 64.7 Å². The Labute approximate surface area is 172 Å². The first-order valence-electron chi connectivity index (χ1n) is 8.98. The van der Waals surface area contributed by atoms with Crippen LogP contribution in [0.5, 0.6) is 0 Å². The summed E-state index contributed by atoms with van der Waals surface area (Å²) in [5, 5.41) is 3.01. The quantitative estimate of drug-likeness (QED) is 0.579. The second-order valence-corrected chi connectivity index (χ2v) is 7.32. The average Bonchev–Trinajstić information content (AvgIpc) is 2.92. The van der Waals surface area contributed by atoms with Gasteiger partial charge in [-0.05, 0) is 36.2 Å². The van der Waals surface area contributed by atoms with E-state index in [4.69, 9.17) is 16.3 Å². The molecule has 3 amide bonds. The van der Waals surface area contributed by atoms with Crippen LogP contribution in [-0.4, -0.2) is 41.2 Å². The van der Waals surface area contributed by atoms with E-state index in [0.29, 0.717) is 10.7 Å². The van der Waals surface area contributed by atoms with Gasteiger partial charge in [0, 0.05) is 10.7 Å². The predicted molar refractivity (Wildman–Crippen MR) is 107 cm³/mol. The zero-order valence-corrected chi connectivity index (χ0v) is 16.6. The molecule has 1 aliphatic heterocycles. The Bertz CT molecular complexity index is 954. The summed E-state index contributed by atoms with van der Waals surface area (Å²) >= 11 is 5.86. The van der Waals surface area contributed by atoms with Gasteiger partial charge in [-0.15, -0.1) is 0 Å². The maximum absolute atomic E-state index is 12.7. The third-order valence-corrected chi connectivity index (χ3v) is 4.67. The molecule has 1 N–H and O–H groups in total. The molecule has 7 nitrogen and oxygen atoms in total. The Morgan fingerprint density at radius 2 is 1.66 bits per heavy atom. The summed E-state index contributed by atoms with van der Waals surface area (Å²) in [7, 11) is 0. The number of carbonyl (C=O) groups is 4. The van der Waals surface area contributed by atoms with Crippen molar-refractivity contribution in [3.63, 3.8) is 0 Å². The van der Waals surface area contributed by atoms with Crippen LogP contribution in [0.3, 0.4) is 0 Å². The monoisotopic (exact) mass is 414 g/mol. The van der Waals surface area contributed by atoms with Gasteiger partial charge in [0.05, 0.1) is 11.1 Å². The van der Waals surface area contributed by atoms with Crippen LogP contribution >= 0.6 is 11.6 Å². The highest BCUT2D eigenvalue weighted by Gasteiger charge is 2.44. The molecule has 1 heterocycles. The number of rotatable bonds is 6. The first kappa shape index (κ1) is 20.5. The number of imide groups is 1. The van der Waals surface area contributed by atoms with E-state index in [9.17, 15) is 19.2 Å². The largest absolute Gasteiger partial charge is 0.454 e. The maximum Gasteiger partial charge on any atom is 0.330 e. The van der Waals surface area contributed by atoms with Gasteiger partial charge < -0.3 is 10.1 Å². The van der Waals surface area contributed by atoms with Crippen LogP contribution in [0.25, 0.3) is 0 Å². The van der Waals surface area contributed by atoms with Crippen LogP contribution in [0.2, 0.25) is 5.02 Å². The summed E-state index contributed by atoms with van der Waals surface area (Å²) in [6, 6.07) is 11.8. The zero-order valence-electron chi connectivity index (χ0n) is 15.8. The van der Waals surface area contributed by atoms with Gasteiger partial charge in [0.1, 0.15) is 6.04 Å². The van der Waals surface area contributed by atoms with E-state index in [1.165, 1.54) is 12.1 Å². The van der Waals surface area contributed by atoms with Crippen LogP contribution < -0.4 is 5.32 Å². The standard InChI is InChI=1S/C21H19ClN2O5/c1-12(2)18(24-19(26)15-8-3-4-9-16(15)20(24)27)21(28)29-11-17(25)23-14-7-5-6-13(22)10-14/h3-10,12,18H,11H2,1-2H3,(H,23,25)/t18-/m1/s1. The first-order chi connectivity index (χ1) is 13.8. The average molecular weight is 415 g/mol. The summed E-state index contributed by atoms with van der Waals surface area (Å²) in [6.45, 7) is 2.83. The van der Waals surface area contributed by atoms with E-state index >= 15 is 0 Å². The molecule has 29 heavy (non-hydrogen) atoms. The minimum atomic E-state index is -1.14. The zero-order chi connectivity index (χ0) is 21.1. The maximum atomic E-state index is 12.7. The number of ether oxygens (including phenoxy) is 1. The lowest BCUT2D eigenvalue weighted by molar-refractivity contribution is -0.152. The molecule has 0 saturated carbocycles. The van der Waals surface area contributed by atoms with E-state index < -0.39 is 42.3 Å². The number of fused-ring (bicyclic) bond motifs is 1. The summed E-state index contributed by atoms with van der Waals surface area (Å²) in [5.41, 5.74) is 0.948. The van der Waals surface area contributed by atoms with Crippen LogP contribution in [0.1, 0.15) is 34.6 Å². The number of carbonyl (C=O) groups excluding carboxylic acids is 4. The number of nitrogens with one attached hydrogen (secondary N) is 1. The van der Waals surface area contributed by atoms with Crippen molar-refractivity contribution >= 4 is 41.0 Å². The normalized spacial score (nSPS) is 14.0. The Morgan fingerprint density at radius 3 is 2.21 bits per heavy atom. The Balaban J connectivity index is 1.68. The van der Waals surface area contributed by atoms with Crippen LogP contribution in [0, 0.1) is 5.92 Å². The molecule has 0 bridgehead atoms. The number of benzene rings is 2. The highest BCUT2D eigenvalue weighted by Crippen LogP contribution is 2.27. The van der Waals surface area contributed by atoms with Crippen molar-refractivity contribution in [2.75, 3.05) is 11.9 Å². The number of halogens is 1. The van der Waals surface area contributed by atoms with E-state index in [-0.39, 0.29) is 11.1 Å². The SMILES string of the molecule is CC(C)[C@H](C(=O)OCC(=O)Nc1cccc(Cl)c1)N1C(=O)c2ccccc2C1=O. The third kappa shape index (κ3) is 4.30. The van der Waals surface area contributed by atoms with Gasteiger partial charge in [-0.2, -0.15) is 0 Å². The lowest BCUT2D eigenvalue weighted by atomic mass is 10.0. The minimum absolute atomic E-state index is 0.245. The van der Waals surface area contributed by atoms with Crippen molar-refractivity contribution in [1.29, 1.82) is 0 Å². The van der Waals surface area contributed by atoms with Crippen molar-refractivity contribution in [1.82, 2.24) is 4.90 Å². The molecular weight excluding hydrogens is 396 g/mol. The Kier molecular flexibility index (Phi) is 5.98. The van der Waals surface area contributed by atoms with Crippen LogP contribution in [-0.2, 0) is 14.3 Å². The van der Waals surface area contributed by atoms with Crippen molar-refractivity contribution < 1.29 is 23.9 Å². The Morgan fingerprint density at radius 1 is 1.03 bits per heavy atom. The second kappa shape index (κ2) is 8.45. The van der Waals surface area contributed by atoms with Crippen molar-refractivity contribution in [2.24, 2.45) is 5.92 Å². The summed E-state index contributed by atoms with van der Waals surface area (Å²) in [5.74, 6) is -2.89. The smallest absolute Gasteiger partial charge is 0.330 e. The number of hydrogen-bond donors (Lipinski definition) is 1. The number of esters is 1. The molecule has 0 spiro atoms. The lowest BCUT2D eigenvalue weighted by Crippen LogP contribution is -2.49. The number of amides is 3.